The minimum Gasteiger partial charge on any atom is -1.00 e. The van der Waals surface area contributed by atoms with E-state index in [1.54, 1.807) is 54.5 Å². The van der Waals surface area contributed by atoms with Crippen LogP contribution < -0.4 is 52.8 Å². The van der Waals surface area contributed by atoms with Gasteiger partial charge in [0, 0.05) is 0 Å². The molecule has 67 heavy (non-hydrogen) atoms. The number of hydrogen-bond donors (Lipinski definition) is 0. The van der Waals surface area contributed by atoms with Crippen LogP contribution >= 0.6 is 0 Å². The van der Waals surface area contributed by atoms with Crippen LogP contribution in [0.1, 0.15) is 249 Å². The zero-order valence-electron chi connectivity index (χ0n) is 44.2. The fourth-order valence-electron chi connectivity index (χ4n) is 10.9. The molecule has 3 aromatic carbocycles. The summed E-state index contributed by atoms with van der Waals surface area (Å²) in [5.41, 5.74) is 11.2. The van der Waals surface area contributed by atoms with Gasteiger partial charge in [-0.15, -0.1) is 0 Å². The Labute approximate surface area is 447 Å². The molecule has 1 atom stereocenters. The minimum atomic E-state index is -2.86. The first-order valence-corrected chi connectivity index (χ1v) is 30.6. The van der Waals surface area contributed by atoms with Crippen molar-refractivity contribution in [3.05, 3.63) is 112 Å². The second-order valence-electron chi connectivity index (χ2n) is 20.4. The first-order chi connectivity index (χ1) is 31.3. The third-order valence-electron chi connectivity index (χ3n) is 14.5. The molecular formula is C62H97Cl3SiTi. The molecule has 0 nitrogen and oxygen atoms in total. The van der Waals surface area contributed by atoms with Gasteiger partial charge in [0.25, 0.3) is 0 Å². The molecule has 1 aliphatic rings. The summed E-state index contributed by atoms with van der Waals surface area (Å²) in [5.74, 6) is 0. The van der Waals surface area contributed by atoms with Crippen molar-refractivity contribution in [3.63, 3.8) is 0 Å². The average molecular weight is 1020 g/mol. The number of allylic oxidation sites excluding steroid dienone is 4. The van der Waals surface area contributed by atoms with Gasteiger partial charge in [0.15, 0.2) is 0 Å². The Kier molecular flexibility index (Phi) is 35.1. The van der Waals surface area contributed by atoms with Gasteiger partial charge in [-0.3, -0.25) is 0 Å². The molecule has 0 amide bonds. The van der Waals surface area contributed by atoms with E-state index in [1.807, 2.05) is 0 Å². The largest absolute Gasteiger partial charge is 1.00 e. The van der Waals surface area contributed by atoms with Crippen LogP contribution in [0.3, 0.4) is 0 Å². The maximum atomic E-state index is 2.82. The molecule has 4 rings (SSSR count). The first-order valence-electron chi connectivity index (χ1n) is 27.9. The predicted molar refractivity (Wildman–Crippen MR) is 286 cm³/mol. The monoisotopic (exact) mass is 1020 g/mol. The smallest absolute Gasteiger partial charge is 1.00 e. The van der Waals surface area contributed by atoms with E-state index in [1.165, 1.54) is 199 Å². The van der Waals surface area contributed by atoms with Gasteiger partial charge in [0.1, 0.15) is 0 Å². The summed E-state index contributed by atoms with van der Waals surface area (Å²) in [6.07, 6.45) is 49.3. The summed E-state index contributed by atoms with van der Waals surface area (Å²) < 4.78 is -0.0988. The summed E-state index contributed by atoms with van der Waals surface area (Å²) in [6, 6.07) is 24.8. The Balaban J connectivity index is 0.00000748. The van der Waals surface area contributed by atoms with Crippen molar-refractivity contribution in [2.24, 2.45) is 0 Å². The quantitative estimate of drug-likeness (QED) is 0.0312. The van der Waals surface area contributed by atoms with Crippen LogP contribution in [-0.4, -0.2) is 8.07 Å². The van der Waals surface area contributed by atoms with Crippen LogP contribution in [-0.2, 0) is 59.0 Å². The van der Waals surface area contributed by atoms with Crippen LogP contribution in [0.5, 0.6) is 0 Å². The van der Waals surface area contributed by atoms with Gasteiger partial charge in [0.2, 0.25) is 0 Å². The molecule has 0 N–H and O–H groups in total. The number of unbranched alkanes of at least 4 members (excludes halogenated alkanes) is 18. The maximum Gasteiger partial charge on any atom is -1.00 e. The molecule has 5 heteroatoms. The number of rotatable bonds is 36. The Hall–Kier alpha value is -1.06. The fraction of sp³-hybridized carbons (Fsp3) is 0.645. The van der Waals surface area contributed by atoms with Gasteiger partial charge in [-0.25, -0.2) is 0 Å². The third-order valence-corrected chi connectivity index (χ3v) is 21.8. The molecule has 3 aromatic rings. The maximum absolute atomic E-state index is 2.86. The van der Waals surface area contributed by atoms with E-state index in [0.29, 0.717) is 0 Å². The molecule has 0 bridgehead atoms. The van der Waals surface area contributed by atoms with Crippen molar-refractivity contribution < 1.29 is 57.7 Å². The van der Waals surface area contributed by atoms with E-state index in [4.69, 9.17) is 0 Å². The Morgan fingerprint density at radius 1 is 0.328 bits per heavy atom. The van der Waals surface area contributed by atoms with Gasteiger partial charge in [0.05, 0.1) is 0 Å². The molecule has 0 heterocycles. The van der Waals surface area contributed by atoms with Crippen LogP contribution in [0.25, 0.3) is 0 Å². The van der Waals surface area contributed by atoms with Crippen LogP contribution in [0.2, 0.25) is 3.34 Å². The van der Waals surface area contributed by atoms with Crippen molar-refractivity contribution in [2.75, 3.05) is 0 Å². The fourth-order valence-corrected chi connectivity index (χ4v) is 18.9. The summed E-state index contributed by atoms with van der Waals surface area (Å²) >= 11 is 2.71. The van der Waals surface area contributed by atoms with E-state index in [0.717, 1.165) is 6.42 Å². The van der Waals surface area contributed by atoms with Crippen LogP contribution in [0.15, 0.2) is 78.4 Å². The molecule has 0 radical (unpaired) electrons. The zero-order valence-corrected chi connectivity index (χ0v) is 49.0. The Bertz CT molecular complexity index is 1550. The SMILES string of the molecule is CCCCCCc1cc(CCCCCC)cc([Si](c2cc(CCCCCC)cc(CCCCCC)c2)(c2cc(CCCCCC)cc(CCCCCC)c2)[C]2([Ti+3])C=CC(CCC)=C2)c1.[Cl-].[Cl-].[Cl-]. The molecule has 0 fully saturated rings. The predicted octanol–water partition coefficient (Wildman–Crippen LogP) is 8.45. The van der Waals surface area contributed by atoms with Crippen molar-refractivity contribution in [1.82, 2.24) is 0 Å². The second kappa shape index (κ2) is 36.8. The van der Waals surface area contributed by atoms with Crippen molar-refractivity contribution in [1.29, 1.82) is 0 Å². The molecule has 374 valence electrons. The summed E-state index contributed by atoms with van der Waals surface area (Å²) in [4.78, 5) is 0. The minimum absolute atomic E-state index is 0. The van der Waals surface area contributed by atoms with Gasteiger partial charge >= 0.3 is 413 Å². The zero-order chi connectivity index (χ0) is 45.9. The number of benzene rings is 3. The van der Waals surface area contributed by atoms with Gasteiger partial charge in [-0.05, 0) is 0 Å². The van der Waals surface area contributed by atoms with Crippen molar-refractivity contribution in [3.8, 4) is 0 Å². The van der Waals surface area contributed by atoms with Gasteiger partial charge < -0.3 is 37.2 Å². The van der Waals surface area contributed by atoms with Gasteiger partial charge in [-0.1, -0.05) is 0 Å². The Morgan fingerprint density at radius 2 is 0.582 bits per heavy atom. The van der Waals surface area contributed by atoms with Gasteiger partial charge in [-0.2, -0.15) is 0 Å². The van der Waals surface area contributed by atoms with Crippen LogP contribution in [0, 0.1) is 0 Å². The van der Waals surface area contributed by atoms with E-state index in [9.17, 15) is 0 Å². The molecule has 0 aliphatic heterocycles. The van der Waals surface area contributed by atoms with Crippen molar-refractivity contribution >= 4 is 23.6 Å². The second-order valence-corrected chi connectivity index (χ2v) is 26.5. The van der Waals surface area contributed by atoms with Crippen molar-refractivity contribution in [2.45, 2.75) is 257 Å². The molecule has 0 saturated carbocycles. The molecule has 0 aromatic heterocycles. The number of halogens is 3. The van der Waals surface area contributed by atoms with E-state index >= 15 is 0 Å². The summed E-state index contributed by atoms with van der Waals surface area (Å²) in [7, 11) is -2.86. The average Bonchev–Trinajstić information content (AvgIpc) is 3.68. The number of hydrogen-bond acceptors (Lipinski definition) is 0. The molecule has 1 unspecified atom stereocenters. The van der Waals surface area contributed by atoms with Crippen LogP contribution in [0.4, 0.5) is 0 Å². The van der Waals surface area contributed by atoms with E-state index in [2.05, 4.69) is 142 Å². The molecular weight excluding hydrogens is 927 g/mol. The number of aryl methyl sites for hydroxylation is 6. The summed E-state index contributed by atoms with van der Waals surface area (Å²) in [6.45, 7) is 16.5. The normalized spacial score (nSPS) is 14.4. The van der Waals surface area contributed by atoms with E-state index in [-0.39, 0.29) is 40.6 Å². The third kappa shape index (κ3) is 20.5. The summed E-state index contributed by atoms with van der Waals surface area (Å²) in [5, 5.41) is 5.06. The standard InChI is InChI=1S/C62H97Si.3ClH.Ti/c1-8-15-21-27-34-53-42-54(35-28-22-16-9-2)47-60(46-53)63(59-41-40-52(45-59)33-14-7,61-48-55(36-29-23-17-10-3)43-56(49-61)37-30-24-18-11-4)62-50-57(38-31-25-19-12-5)44-58(51-62)39-32-26-20-13-6;;;;/h40-51H,8-39H2,1-7H3;3*1H;/q;;;;+3/p-3. The molecule has 0 saturated heterocycles. The topological polar surface area (TPSA) is 0 Å². The molecule has 1 aliphatic carbocycles. The molecule has 0 spiro atoms. The Morgan fingerprint density at radius 3 is 0.806 bits per heavy atom. The van der Waals surface area contributed by atoms with E-state index < -0.39 is 8.07 Å². The first kappa shape index (κ1) is 64.0.